The molecule has 12 heteroatoms. The van der Waals surface area contributed by atoms with Crippen LogP contribution in [0.5, 0.6) is 0 Å². The molecule has 38 heavy (non-hydrogen) atoms. The van der Waals surface area contributed by atoms with Gasteiger partial charge in [0, 0.05) is 42.9 Å². The van der Waals surface area contributed by atoms with E-state index in [1.807, 2.05) is 18.2 Å². The number of nitrogens with two attached hydrogens (primary N) is 1. The number of sulfone groups is 1. The molecule has 0 atom stereocenters. The van der Waals surface area contributed by atoms with Crippen molar-refractivity contribution in [3.05, 3.63) is 53.6 Å². The van der Waals surface area contributed by atoms with Gasteiger partial charge >= 0.3 is 5.97 Å². The zero-order valence-electron chi connectivity index (χ0n) is 21.3. The number of esters is 1. The van der Waals surface area contributed by atoms with Gasteiger partial charge in [-0.1, -0.05) is 24.3 Å². The summed E-state index contributed by atoms with van der Waals surface area (Å²) in [6, 6.07) is 12.6. The van der Waals surface area contributed by atoms with Crippen LogP contribution in [0, 0.1) is 5.41 Å². The van der Waals surface area contributed by atoms with Crippen LogP contribution < -0.4 is 11.1 Å². The molecule has 0 unspecified atom stereocenters. The lowest BCUT2D eigenvalue weighted by Crippen LogP contribution is -2.40. The molecule has 0 aliphatic carbocycles. The van der Waals surface area contributed by atoms with Crippen molar-refractivity contribution in [1.82, 2.24) is 19.8 Å². The third-order valence-electron chi connectivity index (χ3n) is 6.60. The molecule has 4 rings (SSSR count). The molecule has 1 amide bonds. The Hall–Kier alpha value is -3.77. The second kappa shape index (κ2) is 11.7. The Balaban J connectivity index is 1.57. The first-order valence-electron chi connectivity index (χ1n) is 12.4. The molecule has 202 valence electrons. The summed E-state index contributed by atoms with van der Waals surface area (Å²) in [5.41, 5.74) is 9.02. The number of aryl methyl sites for hydroxylation is 1. The fourth-order valence-corrected chi connectivity index (χ4v) is 5.70. The van der Waals surface area contributed by atoms with E-state index in [9.17, 15) is 18.0 Å². The molecule has 2 heterocycles. The third kappa shape index (κ3) is 6.56. The predicted molar refractivity (Wildman–Crippen MR) is 145 cm³/mol. The number of nitrogens with zero attached hydrogens (tertiary/aromatic N) is 3. The summed E-state index contributed by atoms with van der Waals surface area (Å²) in [6.45, 7) is 2.66. The summed E-state index contributed by atoms with van der Waals surface area (Å²) in [6.07, 6.45) is 0.877. The number of methoxy groups -OCH3 is 1. The number of hydrogen-bond acceptors (Lipinski definition) is 8. The van der Waals surface area contributed by atoms with Crippen LogP contribution >= 0.6 is 0 Å². The van der Waals surface area contributed by atoms with Gasteiger partial charge in [0.05, 0.1) is 36.1 Å². The monoisotopic (exact) mass is 540 g/mol. The molecule has 1 aliphatic rings. The van der Waals surface area contributed by atoms with E-state index in [1.165, 1.54) is 7.11 Å². The number of amides is 1. The minimum Gasteiger partial charge on any atom is -0.469 e. The molecule has 0 bridgehead atoms. The van der Waals surface area contributed by atoms with Crippen molar-refractivity contribution in [3.8, 4) is 11.4 Å². The second-order valence-corrected chi connectivity index (χ2v) is 11.5. The lowest BCUT2D eigenvalue weighted by Gasteiger charge is -2.26. The van der Waals surface area contributed by atoms with Crippen LogP contribution in [0.4, 0.5) is 0 Å². The van der Waals surface area contributed by atoms with Crippen LogP contribution in [-0.2, 0) is 25.9 Å². The Kier molecular flexibility index (Phi) is 8.42. The maximum atomic E-state index is 12.6. The number of nitrogen functional groups attached to an aromatic ring is 1. The van der Waals surface area contributed by atoms with Gasteiger partial charge < -0.3 is 25.3 Å². The number of imidazole rings is 1. The maximum absolute atomic E-state index is 12.6. The summed E-state index contributed by atoms with van der Waals surface area (Å²) >= 11 is 0. The minimum absolute atomic E-state index is 0.0172. The van der Waals surface area contributed by atoms with E-state index in [2.05, 4.69) is 19.5 Å². The molecule has 0 radical (unpaired) electrons. The van der Waals surface area contributed by atoms with Crippen molar-refractivity contribution < 1.29 is 22.7 Å². The van der Waals surface area contributed by atoms with Gasteiger partial charge in [-0.2, -0.15) is 0 Å². The van der Waals surface area contributed by atoms with Crippen molar-refractivity contribution in [2.45, 2.75) is 19.4 Å². The topological polar surface area (TPSA) is 160 Å². The Bertz CT molecular complexity index is 1430. The lowest BCUT2D eigenvalue weighted by molar-refractivity contribution is -0.140. The van der Waals surface area contributed by atoms with Gasteiger partial charge in [-0.15, -0.1) is 0 Å². The van der Waals surface area contributed by atoms with Crippen LogP contribution in [0.25, 0.3) is 22.4 Å². The quantitative estimate of drug-likeness (QED) is 0.198. The second-order valence-electron chi connectivity index (χ2n) is 9.21. The van der Waals surface area contributed by atoms with Crippen LogP contribution in [-0.4, -0.2) is 85.4 Å². The van der Waals surface area contributed by atoms with Crippen LogP contribution in [0.15, 0.2) is 42.5 Å². The van der Waals surface area contributed by atoms with Crippen molar-refractivity contribution in [2.24, 2.45) is 5.73 Å². The van der Waals surface area contributed by atoms with Crippen molar-refractivity contribution in [1.29, 1.82) is 5.41 Å². The zero-order chi connectivity index (χ0) is 27.3. The van der Waals surface area contributed by atoms with E-state index in [1.54, 1.807) is 24.3 Å². The van der Waals surface area contributed by atoms with Crippen LogP contribution in [0.3, 0.4) is 0 Å². The molecule has 0 saturated carbocycles. The van der Waals surface area contributed by atoms with Gasteiger partial charge in [0.1, 0.15) is 11.7 Å². The molecule has 1 fully saturated rings. The number of nitrogens with one attached hydrogen (secondary N) is 2. The summed E-state index contributed by atoms with van der Waals surface area (Å²) in [5, 5.41) is 10.4. The molecule has 11 nitrogen and oxygen atoms in total. The third-order valence-corrected chi connectivity index (χ3v) is 8.21. The number of fused-ring (bicyclic) bond motifs is 1. The average molecular weight is 541 g/mol. The SMILES string of the molecule is COC(=O)CCNC(=O)c1ccc2c(c1)nc(-c1ccc(C(=N)N)cc1)n2CCCN1CCS(=O)(=O)CC1. The number of carbonyl (C=O) groups is 2. The Morgan fingerprint density at radius 3 is 2.42 bits per heavy atom. The Morgan fingerprint density at radius 2 is 1.76 bits per heavy atom. The van der Waals surface area contributed by atoms with Gasteiger partial charge in [-0.25, -0.2) is 13.4 Å². The molecule has 0 spiro atoms. The highest BCUT2D eigenvalue weighted by Gasteiger charge is 2.21. The highest BCUT2D eigenvalue weighted by Crippen LogP contribution is 2.27. The molecule has 3 aromatic rings. The van der Waals surface area contributed by atoms with Gasteiger partial charge in [0.15, 0.2) is 9.84 Å². The predicted octanol–water partition coefficient (Wildman–Crippen LogP) is 1.40. The van der Waals surface area contributed by atoms with Gasteiger partial charge in [-0.3, -0.25) is 15.0 Å². The van der Waals surface area contributed by atoms with Gasteiger partial charge in [-0.05, 0) is 31.2 Å². The van der Waals surface area contributed by atoms with Crippen molar-refractivity contribution >= 4 is 38.6 Å². The smallest absolute Gasteiger partial charge is 0.307 e. The zero-order valence-corrected chi connectivity index (χ0v) is 22.1. The van der Waals surface area contributed by atoms with E-state index in [0.29, 0.717) is 36.3 Å². The molecular formula is C26H32N6O5S. The van der Waals surface area contributed by atoms with Crippen LogP contribution in [0.2, 0.25) is 0 Å². The first kappa shape index (κ1) is 27.3. The highest BCUT2D eigenvalue weighted by atomic mass is 32.2. The number of aromatic nitrogens is 2. The molecule has 1 saturated heterocycles. The van der Waals surface area contributed by atoms with Gasteiger partial charge in [0.2, 0.25) is 0 Å². The molecular weight excluding hydrogens is 508 g/mol. The first-order chi connectivity index (χ1) is 18.2. The summed E-state index contributed by atoms with van der Waals surface area (Å²) in [7, 11) is -1.62. The van der Waals surface area contributed by atoms with Crippen molar-refractivity contribution in [2.75, 3.05) is 44.8 Å². The van der Waals surface area contributed by atoms with Crippen molar-refractivity contribution in [3.63, 3.8) is 0 Å². The molecule has 2 aromatic carbocycles. The summed E-state index contributed by atoms with van der Waals surface area (Å²) in [4.78, 5) is 31.0. The fraction of sp³-hybridized carbons (Fsp3) is 0.385. The Morgan fingerprint density at radius 1 is 1.08 bits per heavy atom. The Labute approximate surface area is 221 Å². The summed E-state index contributed by atoms with van der Waals surface area (Å²) in [5.74, 6) is 0.387. The van der Waals surface area contributed by atoms with Crippen LogP contribution in [0.1, 0.15) is 28.8 Å². The standard InChI is InChI=1S/C26H32N6O5S/c1-37-23(33)9-10-29-26(34)20-7-8-22-21(17-20)30-25(19-5-3-18(4-6-19)24(27)28)32(22)12-2-11-31-13-15-38(35,36)16-14-31/h3-8,17H,2,9-16H2,1H3,(H3,27,28)(H,29,34). The summed E-state index contributed by atoms with van der Waals surface area (Å²) < 4.78 is 30.2. The number of benzene rings is 2. The van der Waals surface area contributed by atoms with E-state index >= 15 is 0 Å². The fourth-order valence-electron chi connectivity index (χ4n) is 4.43. The molecule has 1 aromatic heterocycles. The molecule has 4 N–H and O–H groups in total. The highest BCUT2D eigenvalue weighted by molar-refractivity contribution is 7.91. The largest absolute Gasteiger partial charge is 0.469 e. The first-order valence-corrected chi connectivity index (χ1v) is 14.2. The van der Waals surface area contributed by atoms with Gasteiger partial charge in [0.25, 0.3) is 5.91 Å². The number of ether oxygens (including phenoxy) is 1. The van der Waals surface area contributed by atoms with E-state index < -0.39 is 15.8 Å². The van der Waals surface area contributed by atoms with E-state index in [0.717, 1.165) is 29.9 Å². The minimum atomic E-state index is -2.92. The van der Waals surface area contributed by atoms with E-state index in [-0.39, 0.29) is 36.2 Å². The number of rotatable bonds is 10. The van der Waals surface area contributed by atoms with E-state index in [4.69, 9.17) is 16.1 Å². The number of carbonyl (C=O) groups excluding carboxylic acids is 2. The maximum Gasteiger partial charge on any atom is 0.307 e. The lowest BCUT2D eigenvalue weighted by atomic mass is 10.1. The molecule has 1 aliphatic heterocycles. The average Bonchev–Trinajstić information content (AvgIpc) is 3.27. The normalized spacial score (nSPS) is 15.3. The number of amidine groups is 1. The number of hydrogen-bond donors (Lipinski definition) is 3.